The van der Waals surface area contributed by atoms with E-state index in [9.17, 15) is 8.42 Å². The van der Waals surface area contributed by atoms with Crippen molar-refractivity contribution in [3.8, 4) is 0 Å². The summed E-state index contributed by atoms with van der Waals surface area (Å²) in [5.74, 6) is 0. The van der Waals surface area contributed by atoms with Crippen molar-refractivity contribution in [3.05, 3.63) is 23.8 Å². The van der Waals surface area contributed by atoms with E-state index in [0.29, 0.717) is 5.69 Å². The number of nitrogens with two attached hydrogens (primary N) is 1. The first kappa shape index (κ1) is 15.0. The van der Waals surface area contributed by atoms with Crippen LogP contribution in [0.4, 0.5) is 5.69 Å². The molecule has 1 atom stereocenters. The van der Waals surface area contributed by atoms with Crippen LogP contribution in [0.5, 0.6) is 0 Å². The lowest BCUT2D eigenvalue weighted by Crippen LogP contribution is -2.41. The third-order valence-corrected chi connectivity index (χ3v) is 4.72. The number of rotatable bonds is 3. The first-order chi connectivity index (χ1) is 8.04. The van der Waals surface area contributed by atoms with Crippen molar-refractivity contribution >= 4 is 15.7 Å². The summed E-state index contributed by atoms with van der Waals surface area (Å²) >= 11 is 0. The Labute approximate surface area is 110 Å². The van der Waals surface area contributed by atoms with Gasteiger partial charge in [-0.3, -0.25) is 0 Å². The van der Waals surface area contributed by atoms with Crippen molar-refractivity contribution < 1.29 is 8.42 Å². The second kappa shape index (κ2) is 4.90. The number of benzene rings is 1. The van der Waals surface area contributed by atoms with Gasteiger partial charge in [0.25, 0.3) is 0 Å². The van der Waals surface area contributed by atoms with E-state index in [2.05, 4.69) is 4.72 Å². The van der Waals surface area contributed by atoms with Gasteiger partial charge in [0.05, 0.1) is 4.90 Å². The molecule has 0 bridgehead atoms. The van der Waals surface area contributed by atoms with Crippen LogP contribution in [-0.2, 0) is 10.0 Å². The first-order valence-corrected chi connectivity index (χ1v) is 7.41. The van der Waals surface area contributed by atoms with Crippen LogP contribution in [-0.4, -0.2) is 14.5 Å². The first-order valence-electron chi connectivity index (χ1n) is 5.92. The van der Waals surface area contributed by atoms with Crippen molar-refractivity contribution in [1.82, 2.24) is 4.72 Å². The highest BCUT2D eigenvalue weighted by Crippen LogP contribution is 2.22. The van der Waals surface area contributed by atoms with E-state index in [4.69, 9.17) is 5.73 Å². The Balaban J connectivity index is 3.04. The van der Waals surface area contributed by atoms with Crippen molar-refractivity contribution in [2.75, 3.05) is 5.73 Å². The predicted octanol–water partition coefficient (Wildman–Crippen LogP) is 2.29. The highest BCUT2D eigenvalue weighted by molar-refractivity contribution is 7.89. The lowest BCUT2D eigenvalue weighted by molar-refractivity contribution is 0.317. The normalized spacial score (nSPS) is 14.5. The maximum atomic E-state index is 12.2. The van der Waals surface area contributed by atoms with E-state index >= 15 is 0 Å². The summed E-state index contributed by atoms with van der Waals surface area (Å²) in [5, 5.41) is 0. The predicted molar refractivity (Wildman–Crippen MR) is 74.8 cm³/mol. The summed E-state index contributed by atoms with van der Waals surface area (Å²) in [5.41, 5.74) is 6.92. The Hall–Kier alpha value is -1.07. The third-order valence-electron chi connectivity index (χ3n) is 3.18. The lowest BCUT2D eigenvalue weighted by Gasteiger charge is -2.27. The molecule has 0 aliphatic carbocycles. The van der Waals surface area contributed by atoms with Crippen LogP contribution < -0.4 is 10.5 Å². The largest absolute Gasteiger partial charge is 0.399 e. The Bertz CT molecular complexity index is 530. The quantitative estimate of drug-likeness (QED) is 0.828. The molecule has 0 heterocycles. The number of anilines is 1. The fourth-order valence-corrected chi connectivity index (χ4v) is 2.83. The van der Waals surface area contributed by atoms with Crippen LogP contribution in [0.15, 0.2) is 23.1 Å². The maximum absolute atomic E-state index is 12.2. The molecule has 4 nitrogen and oxygen atoms in total. The Morgan fingerprint density at radius 2 is 1.83 bits per heavy atom. The van der Waals surface area contributed by atoms with Gasteiger partial charge >= 0.3 is 0 Å². The highest BCUT2D eigenvalue weighted by atomic mass is 32.2. The molecule has 0 fully saturated rings. The molecule has 0 spiro atoms. The fourth-order valence-electron chi connectivity index (χ4n) is 1.29. The molecule has 0 saturated heterocycles. The monoisotopic (exact) mass is 270 g/mol. The summed E-state index contributed by atoms with van der Waals surface area (Å²) in [6.07, 6.45) is 0. The van der Waals surface area contributed by atoms with Gasteiger partial charge in [-0.15, -0.1) is 0 Å². The molecule has 3 N–H and O–H groups in total. The molecule has 0 radical (unpaired) electrons. The van der Waals surface area contributed by atoms with Crippen molar-refractivity contribution in [2.45, 2.75) is 45.6 Å². The molecular formula is C13H22N2O2S. The van der Waals surface area contributed by atoms with E-state index in [1.807, 2.05) is 27.7 Å². The Morgan fingerprint density at radius 3 is 2.28 bits per heavy atom. The van der Waals surface area contributed by atoms with Gasteiger partial charge in [-0.25, -0.2) is 13.1 Å². The Morgan fingerprint density at radius 1 is 1.28 bits per heavy atom. The average Bonchev–Trinajstić information content (AvgIpc) is 2.19. The summed E-state index contributed by atoms with van der Waals surface area (Å²) in [7, 11) is -3.49. The number of hydrogen-bond donors (Lipinski definition) is 2. The van der Waals surface area contributed by atoms with Gasteiger partial charge in [0, 0.05) is 11.7 Å². The second-order valence-corrected chi connectivity index (χ2v) is 7.44. The van der Waals surface area contributed by atoms with Crippen LogP contribution in [0.3, 0.4) is 0 Å². The molecule has 0 aliphatic heterocycles. The lowest BCUT2D eigenvalue weighted by atomic mass is 9.89. The number of nitrogens with one attached hydrogen (secondary N) is 1. The Kier molecular flexibility index (Phi) is 4.08. The van der Waals surface area contributed by atoms with Gasteiger partial charge in [0.15, 0.2) is 0 Å². The SMILES string of the molecule is Cc1cc(S(=O)(=O)NC(C)C(C)(C)C)ccc1N. The molecule has 1 aromatic rings. The molecule has 0 aromatic heterocycles. The van der Waals surface area contributed by atoms with Crippen LogP contribution in [0.25, 0.3) is 0 Å². The van der Waals surface area contributed by atoms with Gasteiger partial charge < -0.3 is 5.73 Å². The van der Waals surface area contributed by atoms with Gasteiger partial charge in [-0.2, -0.15) is 0 Å². The third kappa shape index (κ3) is 3.46. The molecule has 1 unspecified atom stereocenters. The van der Waals surface area contributed by atoms with Crippen molar-refractivity contribution in [1.29, 1.82) is 0 Å². The summed E-state index contributed by atoms with van der Waals surface area (Å²) in [4.78, 5) is 0.255. The minimum absolute atomic E-state index is 0.129. The average molecular weight is 270 g/mol. The minimum Gasteiger partial charge on any atom is -0.399 e. The molecule has 0 aliphatic rings. The fraction of sp³-hybridized carbons (Fsp3) is 0.538. The van der Waals surface area contributed by atoms with Crippen LogP contribution in [0.2, 0.25) is 0 Å². The standard InChI is InChI=1S/C13H22N2O2S/c1-9-8-11(6-7-12(9)14)18(16,17)15-10(2)13(3,4)5/h6-8,10,15H,14H2,1-5H3. The van der Waals surface area contributed by atoms with E-state index in [0.717, 1.165) is 5.56 Å². The van der Waals surface area contributed by atoms with Gasteiger partial charge in [-0.05, 0) is 43.0 Å². The van der Waals surface area contributed by atoms with Crippen LogP contribution in [0, 0.1) is 12.3 Å². The number of nitrogen functional groups attached to an aromatic ring is 1. The molecule has 1 aromatic carbocycles. The smallest absolute Gasteiger partial charge is 0.240 e. The summed E-state index contributed by atoms with van der Waals surface area (Å²) in [6, 6.07) is 4.58. The molecule has 102 valence electrons. The van der Waals surface area contributed by atoms with E-state index in [1.165, 1.54) is 6.07 Å². The topological polar surface area (TPSA) is 72.2 Å². The van der Waals surface area contributed by atoms with Gasteiger partial charge in [0.2, 0.25) is 10.0 Å². The molecular weight excluding hydrogens is 248 g/mol. The molecule has 18 heavy (non-hydrogen) atoms. The zero-order chi connectivity index (χ0) is 14.1. The van der Waals surface area contributed by atoms with Crippen molar-refractivity contribution in [2.24, 2.45) is 5.41 Å². The van der Waals surface area contributed by atoms with Gasteiger partial charge in [-0.1, -0.05) is 20.8 Å². The minimum atomic E-state index is -3.49. The molecule has 5 heteroatoms. The highest BCUT2D eigenvalue weighted by Gasteiger charge is 2.26. The van der Waals surface area contributed by atoms with Gasteiger partial charge in [0.1, 0.15) is 0 Å². The van der Waals surface area contributed by atoms with Crippen molar-refractivity contribution in [3.63, 3.8) is 0 Å². The molecule has 0 amide bonds. The second-order valence-electron chi connectivity index (χ2n) is 5.73. The number of aryl methyl sites for hydroxylation is 1. The number of hydrogen-bond acceptors (Lipinski definition) is 3. The maximum Gasteiger partial charge on any atom is 0.240 e. The molecule has 0 saturated carbocycles. The van der Waals surface area contributed by atoms with Crippen LogP contribution in [0.1, 0.15) is 33.3 Å². The summed E-state index contributed by atoms with van der Waals surface area (Å²) < 4.78 is 27.1. The molecule has 1 rings (SSSR count). The van der Waals surface area contributed by atoms with E-state index in [-0.39, 0.29) is 16.4 Å². The summed E-state index contributed by atoms with van der Waals surface area (Å²) in [6.45, 7) is 9.64. The van der Waals surface area contributed by atoms with E-state index in [1.54, 1.807) is 19.1 Å². The zero-order valence-electron chi connectivity index (χ0n) is 11.6. The zero-order valence-corrected chi connectivity index (χ0v) is 12.4. The van der Waals surface area contributed by atoms with Crippen LogP contribution >= 0.6 is 0 Å². The number of sulfonamides is 1. The van der Waals surface area contributed by atoms with E-state index < -0.39 is 10.0 Å².